The van der Waals surface area contributed by atoms with E-state index in [9.17, 15) is 4.79 Å². The molecule has 2 heterocycles. The molecule has 1 saturated carbocycles. The van der Waals surface area contributed by atoms with Crippen LogP contribution in [0, 0.1) is 17.3 Å². The highest BCUT2D eigenvalue weighted by Crippen LogP contribution is 2.52. The minimum atomic E-state index is -0.0936. The molecule has 5 heteroatoms. The van der Waals surface area contributed by atoms with Gasteiger partial charge in [0.15, 0.2) is 0 Å². The van der Waals surface area contributed by atoms with Gasteiger partial charge in [-0.2, -0.15) is 0 Å². The smallest absolute Gasteiger partial charge is 0.315 e. The van der Waals surface area contributed by atoms with Crippen molar-refractivity contribution in [3.05, 3.63) is 30.1 Å². The van der Waals surface area contributed by atoms with Crippen LogP contribution in [0.25, 0.3) is 0 Å². The molecule has 0 bridgehead atoms. The zero-order valence-electron chi connectivity index (χ0n) is 14.4. The Labute approximate surface area is 138 Å². The maximum absolute atomic E-state index is 12.5. The molecule has 5 nitrogen and oxygen atoms in total. The van der Waals surface area contributed by atoms with Crippen molar-refractivity contribution in [2.45, 2.75) is 52.3 Å². The summed E-state index contributed by atoms with van der Waals surface area (Å²) in [6.07, 6.45) is 4.85. The van der Waals surface area contributed by atoms with Gasteiger partial charge in [-0.25, -0.2) is 4.79 Å². The Morgan fingerprint density at radius 3 is 2.70 bits per heavy atom. The number of aromatic nitrogens is 1. The Hall–Kier alpha value is -1.62. The third kappa shape index (κ3) is 2.94. The molecule has 2 N–H and O–H groups in total. The van der Waals surface area contributed by atoms with Crippen LogP contribution in [0.3, 0.4) is 0 Å². The van der Waals surface area contributed by atoms with E-state index < -0.39 is 0 Å². The molecule has 3 rings (SSSR count). The molecule has 0 unspecified atom stereocenters. The first-order valence-electron chi connectivity index (χ1n) is 8.50. The minimum Gasteiger partial charge on any atom is -0.377 e. The molecule has 2 amide bonds. The van der Waals surface area contributed by atoms with Crippen LogP contribution in [-0.2, 0) is 4.74 Å². The molecule has 0 aromatic carbocycles. The van der Waals surface area contributed by atoms with E-state index in [4.69, 9.17) is 4.74 Å². The fourth-order valence-electron chi connectivity index (χ4n) is 4.15. The van der Waals surface area contributed by atoms with Crippen molar-refractivity contribution < 1.29 is 9.53 Å². The van der Waals surface area contributed by atoms with Crippen LogP contribution in [0.1, 0.15) is 45.7 Å². The number of pyridine rings is 1. The second kappa shape index (κ2) is 6.11. The number of carbonyl (C=O) groups is 1. The van der Waals surface area contributed by atoms with Gasteiger partial charge in [-0.1, -0.05) is 27.7 Å². The van der Waals surface area contributed by atoms with Gasteiger partial charge in [-0.15, -0.1) is 0 Å². The number of rotatable bonds is 4. The topological polar surface area (TPSA) is 63.2 Å². The first-order valence-corrected chi connectivity index (χ1v) is 8.50. The van der Waals surface area contributed by atoms with Crippen LogP contribution in [0.4, 0.5) is 4.79 Å². The lowest BCUT2D eigenvalue weighted by Crippen LogP contribution is -2.67. The van der Waals surface area contributed by atoms with Crippen molar-refractivity contribution in [2.24, 2.45) is 17.3 Å². The SMILES string of the molecule is CC(C)[C@H](NC(=O)N[C@@H]1[C@@H]2CCO[C@H]2C1(C)C)c1ccncc1. The Balaban J connectivity index is 1.64. The number of hydrogen-bond donors (Lipinski definition) is 2. The van der Waals surface area contributed by atoms with Crippen LogP contribution in [0.5, 0.6) is 0 Å². The molecule has 0 radical (unpaired) electrons. The summed E-state index contributed by atoms with van der Waals surface area (Å²) in [5, 5.41) is 6.32. The van der Waals surface area contributed by atoms with Gasteiger partial charge >= 0.3 is 6.03 Å². The third-order valence-electron chi connectivity index (χ3n) is 5.41. The van der Waals surface area contributed by atoms with Gasteiger partial charge in [-0.05, 0) is 30.0 Å². The van der Waals surface area contributed by atoms with E-state index in [1.807, 2.05) is 12.1 Å². The quantitative estimate of drug-likeness (QED) is 0.897. The Morgan fingerprint density at radius 2 is 2.04 bits per heavy atom. The number of hydrogen-bond acceptors (Lipinski definition) is 3. The fraction of sp³-hybridized carbons (Fsp3) is 0.667. The second-order valence-corrected chi connectivity index (χ2v) is 7.66. The number of fused-ring (bicyclic) bond motifs is 1. The Morgan fingerprint density at radius 1 is 1.35 bits per heavy atom. The number of amides is 2. The maximum Gasteiger partial charge on any atom is 0.315 e. The molecular weight excluding hydrogens is 290 g/mol. The van der Waals surface area contributed by atoms with Gasteiger partial charge in [0.2, 0.25) is 0 Å². The van der Waals surface area contributed by atoms with Gasteiger partial charge in [0.25, 0.3) is 0 Å². The van der Waals surface area contributed by atoms with E-state index in [0.717, 1.165) is 18.6 Å². The normalized spacial score (nSPS) is 29.5. The average molecular weight is 317 g/mol. The van der Waals surface area contributed by atoms with Gasteiger partial charge in [-0.3, -0.25) is 4.98 Å². The van der Waals surface area contributed by atoms with Crippen molar-refractivity contribution in [3.63, 3.8) is 0 Å². The number of urea groups is 1. The summed E-state index contributed by atoms with van der Waals surface area (Å²) in [5.74, 6) is 0.759. The standard InChI is InChI=1S/C18H27N3O2/c1-11(2)14(12-5-8-19-9-6-12)20-17(22)21-15-13-7-10-23-16(13)18(15,3)4/h5-6,8-9,11,13-16H,7,10H2,1-4H3,(H2,20,21,22)/t13-,14-,15+,16+/m0/s1. The lowest BCUT2D eigenvalue weighted by Gasteiger charge is -2.54. The third-order valence-corrected chi connectivity index (χ3v) is 5.41. The van der Waals surface area contributed by atoms with Gasteiger partial charge in [0, 0.05) is 36.4 Å². The molecule has 23 heavy (non-hydrogen) atoms. The number of nitrogens with one attached hydrogen (secondary N) is 2. The molecule has 2 aliphatic rings. The second-order valence-electron chi connectivity index (χ2n) is 7.66. The number of ether oxygens (including phenoxy) is 1. The molecule has 1 aliphatic heterocycles. The van der Waals surface area contributed by atoms with Crippen LogP contribution in [0.2, 0.25) is 0 Å². The summed E-state index contributed by atoms with van der Waals surface area (Å²) < 4.78 is 5.79. The van der Waals surface area contributed by atoms with Crippen LogP contribution in [-0.4, -0.2) is 29.8 Å². The number of carbonyl (C=O) groups excluding carboxylic acids is 1. The van der Waals surface area contributed by atoms with E-state index in [-0.39, 0.29) is 29.6 Å². The van der Waals surface area contributed by atoms with E-state index in [0.29, 0.717) is 11.8 Å². The summed E-state index contributed by atoms with van der Waals surface area (Å²) in [7, 11) is 0. The zero-order valence-corrected chi connectivity index (χ0v) is 14.4. The Kier molecular flexibility index (Phi) is 4.32. The lowest BCUT2D eigenvalue weighted by atomic mass is 9.57. The summed E-state index contributed by atoms with van der Waals surface area (Å²) in [6.45, 7) is 9.38. The molecule has 1 aromatic rings. The van der Waals surface area contributed by atoms with Gasteiger partial charge in [0.1, 0.15) is 0 Å². The molecular formula is C18H27N3O2. The van der Waals surface area contributed by atoms with Crippen molar-refractivity contribution in [1.82, 2.24) is 15.6 Å². The van der Waals surface area contributed by atoms with E-state index >= 15 is 0 Å². The monoisotopic (exact) mass is 317 g/mol. The first-order chi connectivity index (χ1) is 10.9. The predicted molar refractivity (Wildman–Crippen MR) is 88.9 cm³/mol. The van der Waals surface area contributed by atoms with Crippen LogP contribution >= 0.6 is 0 Å². The van der Waals surface area contributed by atoms with Crippen molar-refractivity contribution in [2.75, 3.05) is 6.61 Å². The summed E-state index contributed by atoms with van der Waals surface area (Å²) in [5.41, 5.74) is 1.09. The van der Waals surface area contributed by atoms with E-state index in [1.54, 1.807) is 12.4 Å². The minimum absolute atomic E-state index is 0.00248. The van der Waals surface area contributed by atoms with Gasteiger partial charge < -0.3 is 15.4 Å². The molecule has 1 aliphatic carbocycles. The highest BCUT2D eigenvalue weighted by atomic mass is 16.5. The molecule has 0 spiro atoms. The molecule has 1 aromatic heterocycles. The summed E-state index contributed by atoms with van der Waals surface area (Å²) in [6, 6.07) is 3.99. The summed E-state index contributed by atoms with van der Waals surface area (Å²) in [4.78, 5) is 16.6. The predicted octanol–water partition coefficient (Wildman–Crippen LogP) is 2.89. The van der Waals surface area contributed by atoms with E-state index in [2.05, 4.69) is 43.3 Å². The first kappa shape index (κ1) is 16.2. The highest BCUT2D eigenvalue weighted by molar-refractivity contribution is 5.75. The molecule has 126 valence electrons. The number of nitrogens with zero attached hydrogens (tertiary/aromatic N) is 1. The van der Waals surface area contributed by atoms with Crippen LogP contribution in [0.15, 0.2) is 24.5 Å². The van der Waals surface area contributed by atoms with Crippen molar-refractivity contribution in [3.8, 4) is 0 Å². The van der Waals surface area contributed by atoms with E-state index in [1.165, 1.54) is 0 Å². The Bertz CT molecular complexity index is 559. The van der Waals surface area contributed by atoms with Crippen molar-refractivity contribution >= 4 is 6.03 Å². The lowest BCUT2D eigenvalue weighted by molar-refractivity contribution is -0.108. The molecule has 2 fully saturated rings. The highest BCUT2D eigenvalue weighted by Gasteiger charge is 2.59. The molecule has 4 atom stereocenters. The largest absolute Gasteiger partial charge is 0.377 e. The zero-order chi connectivity index (χ0) is 16.6. The fourth-order valence-corrected chi connectivity index (χ4v) is 4.15. The van der Waals surface area contributed by atoms with Crippen molar-refractivity contribution in [1.29, 1.82) is 0 Å². The molecule has 1 saturated heterocycles. The summed E-state index contributed by atoms with van der Waals surface area (Å²) >= 11 is 0. The average Bonchev–Trinajstić information content (AvgIpc) is 2.98. The maximum atomic E-state index is 12.5. The van der Waals surface area contributed by atoms with Gasteiger partial charge in [0.05, 0.1) is 12.1 Å². The van der Waals surface area contributed by atoms with Crippen LogP contribution < -0.4 is 10.6 Å².